The minimum atomic E-state index is -3.61. The summed E-state index contributed by atoms with van der Waals surface area (Å²) in [5, 5.41) is 2.69. The first-order valence-electron chi connectivity index (χ1n) is 6.72. The van der Waals surface area contributed by atoms with Crippen LogP contribution in [-0.2, 0) is 21.4 Å². The Balaban J connectivity index is 2.83. The van der Waals surface area contributed by atoms with E-state index in [1.807, 2.05) is 13.8 Å². The van der Waals surface area contributed by atoms with Crippen molar-refractivity contribution in [2.75, 3.05) is 12.8 Å². The Hall–Kier alpha value is -1.47. The molecule has 0 fully saturated rings. The van der Waals surface area contributed by atoms with Crippen molar-refractivity contribution < 1.29 is 17.6 Å². The molecule has 7 heteroatoms. The summed E-state index contributed by atoms with van der Waals surface area (Å²) >= 11 is 0. The molecule has 5 nitrogen and oxygen atoms in total. The maximum Gasteiger partial charge on any atom is 0.235 e. The van der Waals surface area contributed by atoms with Gasteiger partial charge in [-0.1, -0.05) is 25.1 Å². The SMILES string of the molecule is CC[C@@H](C)NC(=O)CN(Cc1ccccc1F)S(C)(=O)=O. The Labute approximate surface area is 125 Å². The molecule has 1 amide bonds. The quantitative estimate of drug-likeness (QED) is 0.829. The first kappa shape index (κ1) is 17.6. The van der Waals surface area contributed by atoms with Crippen LogP contribution in [0.1, 0.15) is 25.8 Å². The number of benzene rings is 1. The van der Waals surface area contributed by atoms with Crippen molar-refractivity contribution in [1.29, 1.82) is 0 Å². The van der Waals surface area contributed by atoms with Crippen LogP contribution in [0, 0.1) is 5.82 Å². The monoisotopic (exact) mass is 316 g/mol. The molecule has 0 aliphatic rings. The van der Waals surface area contributed by atoms with Gasteiger partial charge in [0.15, 0.2) is 0 Å². The van der Waals surface area contributed by atoms with Gasteiger partial charge in [0.25, 0.3) is 0 Å². The fourth-order valence-electron chi connectivity index (χ4n) is 1.69. The van der Waals surface area contributed by atoms with Crippen LogP contribution in [0.3, 0.4) is 0 Å². The molecule has 0 aliphatic carbocycles. The van der Waals surface area contributed by atoms with Crippen molar-refractivity contribution in [1.82, 2.24) is 9.62 Å². The van der Waals surface area contributed by atoms with E-state index in [-0.39, 0.29) is 24.7 Å². The number of amides is 1. The molecule has 0 spiro atoms. The summed E-state index contributed by atoms with van der Waals surface area (Å²) in [5.41, 5.74) is 0.235. The van der Waals surface area contributed by atoms with Crippen LogP contribution >= 0.6 is 0 Å². The van der Waals surface area contributed by atoms with Crippen molar-refractivity contribution in [2.24, 2.45) is 0 Å². The summed E-state index contributed by atoms with van der Waals surface area (Å²) in [6.07, 6.45) is 1.75. The van der Waals surface area contributed by atoms with E-state index in [1.54, 1.807) is 6.07 Å². The van der Waals surface area contributed by atoms with Crippen LogP contribution in [0.4, 0.5) is 4.39 Å². The van der Waals surface area contributed by atoms with E-state index in [0.717, 1.165) is 17.0 Å². The van der Waals surface area contributed by atoms with Crippen molar-refractivity contribution >= 4 is 15.9 Å². The maximum atomic E-state index is 13.6. The summed E-state index contributed by atoms with van der Waals surface area (Å²) in [6.45, 7) is 3.26. The Morgan fingerprint density at radius 2 is 2.00 bits per heavy atom. The molecule has 0 bridgehead atoms. The maximum absolute atomic E-state index is 13.6. The molecule has 0 radical (unpaired) electrons. The first-order valence-corrected chi connectivity index (χ1v) is 8.56. The van der Waals surface area contributed by atoms with Gasteiger partial charge in [-0.15, -0.1) is 0 Å². The van der Waals surface area contributed by atoms with Crippen molar-refractivity contribution in [2.45, 2.75) is 32.9 Å². The minimum absolute atomic E-state index is 0.0348. The Morgan fingerprint density at radius 3 is 2.52 bits per heavy atom. The molecule has 0 saturated heterocycles. The number of nitrogens with zero attached hydrogens (tertiary/aromatic N) is 1. The Morgan fingerprint density at radius 1 is 1.38 bits per heavy atom. The molecule has 21 heavy (non-hydrogen) atoms. The number of sulfonamides is 1. The number of carbonyl (C=O) groups is 1. The highest BCUT2D eigenvalue weighted by Crippen LogP contribution is 2.12. The van der Waals surface area contributed by atoms with E-state index in [0.29, 0.717) is 0 Å². The molecule has 0 aromatic heterocycles. The third-order valence-electron chi connectivity index (χ3n) is 3.11. The average Bonchev–Trinajstić information content (AvgIpc) is 2.39. The van der Waals surface area contributed by atoms with Crippen LogP contribution in [0.5, 0.6) is 0 Å². The summed E-state index contributed by atoms with van der Waals surface area (Å²) in [7, 11) is -3.61. The van der Waals surface area contributed by atoms with Gasteiger partial charge < -0.3 is 5.32 Å². The summed E-state index contributed by atoms with van der Waals surface area (Å²) in [6, 6.07) is 5.87. The predicted octanol–water partition coefficient (Wildman–Crippen LogP) is 1.50. The highest BCUT2D eigenvalue weighted by Gasteiger charge is 2.22. The van der Waals surface area contributed by atoms with Gasteiger partial charge in [0.1, 0.15) is 5.82 Å². The van der Waals surface area contributed by atoms with E-state index in [4.69, 9.17) is 0 Å². The number of halogens is 1. The van der Waals surface area contributed by atoms with Crippen molar-refractivity contribution in [3.63, 3.8) is 0 Å². The topological polar surface area (TPSA) is 66.5 Å². The van der Waals surface area contributed by atoms with Gasteiger partial charge in [0.2, 0.25) is 15.9 Å². The number of carbonyl (C=O) groups excluding carboxylic acids is 1. The molecule has 1 atom stereocenters. The normalized spacial score (nSPS) is 13.2. The van der Waals surface area contributed by atoms with Gasteiger partial charge in [-0.25, -0.2) is 12.8 Å². The van der Waals surface area contributed by atoms with Crippen LogP contribution in [0.25, 0.3) is 0 Å². The van der Waals surface area contributed by atoms with Gasteiger partial charge in [-0.3, -0.25) is 4.79 Å². The number of hydrogen-bond acceptors (Lipinski definition) is 3. The van der Waals surface area contributed by atoms with Crippen LogP contribution in [-0.4, -0.2) is 37.5 Å². The number of nitrogens with one attached hydrogen (secondary N) is 1. The molecule has 1 aromatic rings. The second-order valence-electron chi connectivity index (χ2n) is 5.00. The van der Waals surface area contributed by atoms with Gasteiger partial charge in [0, 0.05) is 18.2 Å². The molecule has 0 saturated carbocycles. The highest BCUT2D eigenvalue weighted by molar-refractivity contribution is 7.88. The molecular formula is C14H21FN2O3S. The van der Waals surface area contributed by atoms with Gasteiger partial charge >= 0.3 is 0 Å². The predicted molar refractivity (Wildman–Crippen MR) is 79.5 cm³/mol. The van der Waals surface area contributed by atoms with E-state index >= 15 is 0 Å². The van der Waals surface area contributed by atoms with E-state index < -0.39 is 21.7 Å². The number of rotatable bonds is 7. The van der Waals surface area contributed by atoms with Crippen LogP contribution in [0.15, 0.2) is 24.3 Å². The van der Waals surface area contributed by atoms with Crippen molar-refractivity contribution in [3.05, 3.63) is 35.6 Å². The van der Waals surface area contributed by atoms with Crippen LogP contribution in [0.2, 0.25) is 0 Å². The lowest BCUT2D eigenvalue weighted by Gasteiger charge is -2.21. The first-order chi connectivity index (χ1) is 9.74. The number of hydrogen-bond donors (Lipinski definition) is 1. The lowest BCUT2D eigenvalue weighted by molar-refractivity contribution is -0.122. The van der Waals surface area contributed by atoms with Gasteiger partial charge in [0.05, 0.1) is 12.8 Å². The van der Waals surface area contributed by atoms with E-state index in [9.17, 15) is 17.6 Å². The minimum Gasteiger partial charge on any atom is -0.353 e. The zero-order chi connectivity index (χ0) is 16.0. The van der Waals surface area contributed by atoms with Gasteiger partial charge in [-0.2, -0.15) is 4.31 Å². The molecule has 1 N–H and O–H groups in total. The third kappa shape index (κ3) is 5.81. The zero-order valence-corrected chi connectivity index (χ0v) is 13.3. The lowest BCUT2D eigenvalue weighted by Crippen LogP contribution is -2.42. The van der Waals surface area contributed by atoms with Crippen LogP contribution < -0.4 is 5.32 Å². The molecule has 1 rings (SSSR count). The standard InChI is InChI=1S/C14H21FN2O3S/c1-4-11(2)16-14(18)10-17(21(3,19)20)9-12-7-5-6-8-13(12)15/h5-8,11H,4,9-10H2,1-3H3,(H,16,18)/t11-/m1/s1. The van der Waals surface area contributed by atoms with E-state index in [2.05, 4.69) is 5.32 Å². The highest BCUT2D eigenvalue weighted by atomic mass is 32.2. The van der Waals surface area contributed by atoms with Gasteiger partial charge in [-0.05, 0) is 19.4 Å². The molecule has 0 aliphatic heterocycles. The smallest absolute Gasteiger partial charge is 0.235 e. The summed E-state index contributed by atoms with van der Waals surface area (Å²) in [4.78, 5) is 11.8. The zero-order valence-electron chi connectivity index (χ0n) is 12.5. The summed E-state index contributed by atoms with van der Waals surface area (Å²) < 4.78 is 38.1. The van der Waals surface area contributed by atoms with Crippen molar-refractivity contribution in [3.8, 4) is 0 Å². The Kier molecular flexibility index (Phi) is 6.29. The molecule has 1 aromatic carbocycles. The fourth-order valence-corrected chi connectivity index (χ4v) is 2.42. The lowest BCUT2D eigenvalue weighted by atomic mass is 10.2. The largest absolute Gasteiger partial charge is 0.353 e. The molecule has 118 valence electrons. The Bertz CT molecular complexity index is 590. The summed E-state index contributed by atoms with van der Waals surface area (Å²) in [5.74, 6) is -0.889. The molecule has 0 heterocycles. The third-order valence-corrected chi connectivity index (χ3v) is 4.31. The average molecular weight is 316 g/mol. The van der Waals surface area contributed by atoms with E-state index in [1.165, 1.54) is 18.2 Å². The molecule has 0 unspecified atom stereocenters. The molecular weight excluding hydrogens is 295 g/mol. The second-order valence-corrected chi connectivity index (χ2v) is 6.98. The fraction of sp³-hybridized carbons (Fsp3) is 0.500. The second kappa shape index (κ2) is 7.51.